The molecule has 298 valence electrons. The van der Waals surface area contributed by atoms with Crippen LogP contribution < -0.4 is 10.6 Å². The topological polar surface area (TPSA) is 175 Å². The van der Waals surface area contributed by atoms with Gasteiger partial charge in [0, 0.05) is 24.2 Å². The average molecular weight is 767 g/mol. The smallest absolute Gasteiger partial charge is 0.407 e. The number of hydrogen-bond donors (Lipinski definition) is 4. The number of alkyl carbamates (subject to hydrolysis) is 2. The van der Waals surface area contributed by atoms with Gasteiger partial charge in [0.15, 0.2) is 0 Å². The summed E-state index contributed by atoms with van der Waals surface area (Å²) >= 11 is 0. The molecular weight excluding hydrogens is 713 g/mol. The number of carbonyl (C=O) groups is 4. The minimum atomic E-state index is -0.729. The molecule has 2 saturated heterocycles. The van der Waals surface area contributed by atoms with E-state index >= 15 is 0 Å². The molecule has 0 bridgehead atoms. The number of hydrogen-bond acceptors (Lipinski definition) is 8. The van der Waals surface area contributed by atoms with E-state index in [1.807, 2.05) is 52.0 Å². The Bertz CT molecular complexity index is 1900. The summed E-state index contributed by atoms with van der Waals surface area (Å²) in [7, 11) is 2.56. The molecule has 14 heteroatoms. The number of carbonyl (C=O) groups excluding carboxylic acids is 4. The van der Waals surface area contributed by atoms with Gasteiger partial charge in [0.25, 0.3) is 0 Å². The van der Waals surface area contributed by atoms with Gasteiger partial charge >= 0.3 is 12.2 Å². The number of rotatable bonds is 8. The number of methoxy groups -OCH3 is 2. The molecule has 4 amide bonds. The van der Waals surface area contributed by atoms with E-state index in [1.54, 1.807) is 22.2 Å². The first kappa shape index (κ1) is 41.4. The molecule has 4 atom stereocenters. The van der Waals surface area contributed by atoms with Crippen molar-refractivity contribution in [1.29, 1.82) is 0 Å². The van der Waals surface area contributed by atoms with Crippen molar-refractivity contribution in [2.45, 2.75) is 92.4 Å². The van der Waals surface area contributed by atoms with Crippen molar-refractivity contribution in [2.24, 2.45) is 22.7 Å². The maximum Gasteiger partial charge on any atom is 0.407 e. The van der Waals surface area contributed by atoms with Gasteiger partial charge in [-0.1, -0.05) is 67.2 Å². The van der Waals surface area contributed by atoms with Crippen molar-refractivity contribution in [3.8, 4) is 23.7 Å². The number of aromatic nitrogens is 4. The van der Waals surface area contributed by atoms with Gasteiger partial charge in [-0.2, -0.15) is 0 Å². The van der Waals surface area contributed by atoms with Crippen LogP contribution in [0.5, 0.6) is 0 Å². The van der Waals surface area contributed by atoms with Gasteiger partial charge in [0.05, 0.1) is 38.7 Å². The van der Waals surface area contributed by atoms with Crippen LogP contribution in [0.1, 0.15) is 114 Å². The molecule has 4 heterocycles. The molecule has 2 aliphatic rings. The van der Waals surface area contributed by atoms with Crippen LogP contribution in [-0.4, -0.2) is 93.1 Å². The fraction of sp³-hybridized carbons (Fsp3) is 0.524. The van der Waals surface area contributed by atoms with Crippen molar-refractivity contribution >= 4 is 24.0 Å². The zero-order chi connectivity index (χ0) is 40.9. The van der Waals surface area contributed by atoms with E-state index in [0.29, 0.717) is 49.0 Å². The average Bonchev–Trinajstić information content (AvgIpc) is 3.95. The van der Waals surface area contributed by atoms with Crippen molar-refractivity contribution < 1.29 is 28.7 Å². The monoisotopic (exact) mass is 766 g/mol. The number of imidazole rings is 2. The van der Waals surface area contributed by atoms with E-state index in [9.17, 15) is 19.2 Å². The summed E-state index contributed by atoms with van der Waals surface area (Å²) in [5, 5.41) is 5.39. The quantitative estimate of drug-likeness (QED) is 0.224. The largest absolute Gasteiger partial charge is 0.453 e. The number of benzene rings is 1. The van der Waals surface area contributed by atoms with E-state index in [2.05, 4.69) is 81.9 Å². The maximum atomic E-state index is 13.7. The van der Waals surface area contributed by atoms with E-state index in [-0.39, 0.29) is 46.6 Å². The van der Waals surface area contributed by atoms with Crippen molar-refractivity contribution in [3.63, 3.8) is 0 Å². The zero-order valence-electron chi connectivity index (χ0n) is 34.0. The Morgan fingerprint density at radius 1 is 0.679 bits per heavy atom. The van der Waals surface area contributed by atoms with Crippen LogP contribution in [0.25, 0.3) is 0 Å². The zero-order valence-corrected chi connectivity index (χ0v) is 34.0. The van der Waals surface area contributed by atoms with Crippen LogP contribution in [0.2, 0.25) is 0 Å². The first-order chi connectivity index (χ1) is 26.4. The van der Waals surface area contributed by atoms with Gasteiger partial charge in [-0.05, 0) is 71.6 Å². The molecule has 0 aliphatic carbocycles. The van der Waals surface area contributed by atoms with Crippen molar-refractivity contribution in [2.75, 3.05) is 27.3 Å². The minimum Gasteiger partial charge on any atom is -0.453 e. The third kappa shape index (κ3) is 9.91. The molecule has 14 nitrogen and oxygen atoms in total. The number of nitrogens with one attached hydrogen (secondary N) is 4. The Labute approximate surface area is 329 Å². The fourth-order valence-electron chi connectivity index (χ4n) is 7.30. The summed E-state index contributed by atoms with van der Waals surface area (Å²) in [6.07, 6.45) is 3.46. The molecule has 3 aromatic rings. The number of nitrogens with zero attached hydrogens (tertiary/aromatic N) is 4. The number of aromatic amines is 2. The fourth-order valence-corrected chi connectivity index (χ4v) is 7.30. The third-order valence-corrected chi connectivity index (χ3v) is 10.2. The first-order valence-corrected chi connectivity index (χ1v) is 18.9. The van der Waals surface area contributed by atoms with Gasteiger partial charge in [-0.15, -0.1) is 0 Å². The highest BCUT2D eigenvalue weighted by Gasteiger charge is 2.46. The molecule has 56 heavy (non-hydrogen) atoms. The number of likely N-dealkylation sites (tertiary alicyclic amines) is 2. The summed E-state index contributed by atoms with van der Waals surface area (Å²) in [5.74, 6) is 13.3. The SMILES string of the molecule is COC(=O)N[C@H](C(=O)N1CC(C)(C)C[C@H]1c1ncc(C#Cc2ccc(C#Cc3cnc([C@@H]4CC(C)(C)CN4C(=O)[C@@H](NC(=O)OC)C(C)C)[nH]3)cc2)[nH]1)C(C)C. The lowest BCUT2D eigenvalue weighted by Crippen LogP contribution is -2.51. The minimum absolute atomic E-state index is 0.137. The molecule has 0 saturated carbocycles. The van der Waals surface area contributed by atoms with E-state index in [1.165, 1.54) is 14.2 Å². The maximum absolute atomic E-state index is 13.7. The molecule has 2 fully saturated rings. The summed E-state index contributed by atoms with van der Waals surface area (Å²) < 4.78 is 9.53. The molecule has 1 aromatic carbocycles. The lowest BCUT2D eigenvalue weighted by molar-refractivity contribution is -0.136. The lowest BCUT2D eigenvalue weighted by Gasteiger charge is -2.30. The van der Waals surface area contributed by atoms with Crippen LogP contribution in [0.15, 0.2) is 36.7 Å². The second-order valence-corrected chi connectivity index (χ2v) is 16.9. The van der Waals surface area contributed by atoms with Gasteiger partial charge in [-0.25, -0.2) is 19.6 Å². The van der Waals surface area contributed by atoms with Crippen LogP contribution in [0, 0.1) is 46.3 Å². The highest BCUT2D eigenvalue weighted by atomic mass is 16.5. The van der Waals surface area contributed by atoms with Crippen molar-refractivity contribution in [1.82, 2.24) is 40.4 Å². The third-order valence-electron chi connectivity index (χ3n) is 10.2. The Morgan fingerprint density at radius 2 is 1.04 bits per heavy atom. The summed E-state index contributed by atoms with van der Waals surface area (Å²) in [6, 6.07) is 5.53. The molecule has 2 aliphatic heterocycles. The first-order valence-electron chi connectivity index (χ1n) is 18.9. The van der Waals surface area contributed by atoms with Crippen LogP contribution >= 0.6 is 0 Å². The second-order valence-electron chi connectivity index (χ2n) is 16.9. The van der Waals surface area contributed by atoms with Crippen LogP contribution in [0.3, 0.4) is 0 Å². The van der Waals surface area contributed by atoms with Gasteiger partial charge in [0.1, 0.15) is 35.1 Å². The van der Waals surface area contributed by atoms with E-state index in [4.69, 9.17) is 9.47 Å². The molecule has 0 unspecified atom stereocenters. The summed E-state index contributed by atoms with van der Waals surface area (Å²) in [5.41, 5.74) is 2.53. The number of H-pyrrole nitrogens is 2. The predicted octanol–water partition coefficient (Wildman–Crippen LogP) is 5.29. The Morgan fingerprint density at radius 3 is 1.36 bits per heavy atom. The molecule has 0 radical (unpaired) electrons. The van der Waals surface area contributed by atoms with E-state index in [0.717, 1.165) is 11.1 Å². The van der Waals surface area contributed by atoms with Crippen molar-refractivity contribution in [3.05, 3.63) is 70.8 Å². The molecule has 2 aromatic heterocycles. The molecule has 0 spiro atoms. The standard InChI is InChI=1S/C42H54N8O6/c1-25(2)33(47-39(53)55-9)37(51)49-23-41(5,6)19-31(49)35-43-21-29(45-35)17-15-27-11-13-28(14-12-27)16-18-30-22-44-36(46-30)32-20-42(7,8)24-50(32)38(52)34(26(3)4)48-40(54)56-10/h11-14,21-22,25-26,31-34H,19-20,23-24H2,1-10H3,(H,43,45)(H,44,46)(H,47,53)(H,48,54)/t31-,32-,33-,34-/m0/s1. The highest BCUT2D eigenvalue weighted by Crippen LogP contribution is 2.43. The molecule has 4 N–H and O–H groups in total. The predicted molar refractivity (Wildman–Crippen MR) is 210 cm³/mol. The molecular formula is C42H54N8O6. The number of ether oxygens (including phenoxy) is 2. The lowest BCUT2D eigenvalue weighted by atomic mass is 9.90. The second kappa shape index (κ2) is 16.9. The number of amides is 4. The summed E-state index contributed by atoms with van der Waals surface area (Å²) in [6.45, 7) is 17.0. The summed E-state index contributed by atoms with van der Waals surface area (Å²) in [4.78, 5) is 70.8. The Balaban J connectivity index is 1.25. The van der Waals surface area contributed by atoms with Crippen LogP contribution in [0.4, 0.5) is 9.59 Å². The Kier molecular flexibility index (Phi) is 12.5. The van der Waals surface area contributed by atoms with Gasteiger partial charge in [-0.3, -0.25) is 9.59 Å². The normalized spacial score (nSPS) is 19.4. The molecule has 5 rings (SSSR count). The van der Waals surface area contributed by atoms with Gasteiger partial charge in [0.2, 0.25) is 11.8 Å². The van der Waals surface area contributed by atoms with E-state index < -0.39 is 24.3 Å². The van der Waals surface area contributed by atoms with Crippen LogP contribution in [-0.2, 0) is 19.1 Å². The Hall–Kier alpha value is -5.76. The highest BCUT2D eigenvalue weighted by molar-refractivity contribution is 5.87. The van der Waals surface area contributed by atoms with Gasteiger partial charge < -0.3 is 39.9 Å².